The SMILES string of the molecule is O=C(COc1cccc(Cl)c1)N(CC1CCCS1)C1CCCCN1. The maximum absolute atomic E-state index is 12.8. The number of carbonyl (C=O) groups is 1. The lowest BCUT2D eigenvalue weighted by atomic mass is 10.1. The Bertz CT molecular complexity index is 546. The summed E-state index contributed by atoms with van der Waals surface area (Å²) < 4.78 is 5.67. The van der Waals surface area contributed by atoms with E-state index in [2.05, 4.69) is 5.32 Å². The number of benzene rings is 1. The quantitative estimate of drug-likeness (QED) is 0.833. The standard InChI is InChI=1S/C18H25ClN2O2S/c19-14-5-3-6-15(11-14)23-13-18(22)21(12-16-7-4-10-24-16)17-8-1-2-9-20-17/h3,5-6,11,16-17,20H,1-2,4,7-10,12-13H2. The minimum absolute atomic E-state index is 0.0573. The molecule has 0 bridgehead atoms. The van der Waals surface area contributed by atoms with E-state index in [-0.39, 0.29) is 18.7 Å². The van der Waals surface area contributed by atoms with Gasteiger partial charge in [-0.05, 0) is 62.6 Å². The Hall–Kier alpha value is -0.910. The first-order chi connectivity index (χ1) is 11.7. The maximum Gasteiger partial charge on any atom is 0.261 e. The van der Waals surface area contributed by atoms with E-state index in [1.165, 1.54) is 31.4 Å². The highest BCUT2D eigenvalue weighted by atomic mass is 35.5. The van der Waals surface area contributed by atoms with Gasteiger partial charge in [-0.3, -0.25) is 10.1 Å². The summed E-state index contributed by atoms with van der Waals surface area (Å²) in [6.45, 7) is 1.87. The second kappa shape index (κ2) is 8.97. The van der Waals surface area contributed by atoms with Crippen molar-refractivity contribution in [1.29, 1.82) is 0 Å². The smallest absolute Gasteiger partial charge is 0.261 e. The molecule has 0 saturated carbocycles. The molecule has 2 unspecified atom stereocenters. The van der Waals surface area contributed by atoms with Gasteiger partial charge in [0.2, 0.25) is 0 Å². The van der Waals surface area contributed by atoms with Crippen molar-refractivity contribution in [3.63, 3.8) is 0 Å². The summed E-state index contributed by atoms with van der Waals surface area (Å²) in [7, 11) is 0. The Balaban J connectivity index is 1.60. The summed E-state index contributed by atoms with van der Waals surface area (Å²) in [5, 5.41) is 4.68. The number of hydrogen-bond acceptors (Lipinski definition) is 4. The van der Waals surface area contributed by atoms with E-state index in [0.717, 1.165) is 19.5 Å². The molecule has 24 heavy (non-hydrogen) atoms. The average molecular weight is 369 g/mol. The van der Waals surface area contributed by atoms with E-state index < -0.39 is 0 Å². The molecule has 2 heterocycles. The van der Waals surface area contributed by atoms with Crippen LogP contribution in [0.3, 0.4) is 0 Å². The van der Waals surface area contributed by atoms with E-state index in [1.54, 1.807) is 12.1 Å². The number of nitrogens with one attached hydrogen (secondary N) is 1. The molecule has 0 radical (unpaired) electrons. The molecule has 1 aromatic carbocycles. The van der Waals surface area contributed by atoms with Crippen LogP contribution in [0.25, 0.3) is 0 Å². The van der Waals surface area contributed by atoms with Crippen LogP contribution < -0.4 is 10.1 Å². The number of rotatable bonds is 6. The summed E-state index contributed by atoms with van der Waals surface area (Å²) in [6, 6.07) is 7.20. The molecule has 0 aliphatic carbocycles. The van der Waals surface area contributed by atoms with Gasteiger partial charge in [-0.15, -0.1) is 0 Å². The van der Waals surface area contributed by atoms with Crippen LogP contribution in [0.5, 0.6) is 5.75 Å². The van der Waals surface area contributed by atoms with Gasteiger partial charge >= 0.3 is 0 Å². The number of thioether (sulfide) groups is 1. The van der Waals surface area contributed by atoms with Gasteiger partial charge in [-0.2, -0.15) is 11.8 Å². The van der Waals surface area contributed by atoms with Gasteiger partial charge in [0.15, 0.2) is 6.61 Å². The van der Waals surface area contributed by atoms with Crippen LogP contribution in [0.1, 0.15) is 32.1 Å². The first kappa shape index (κ1) is 17.9. The molecule has 2 aliphatic heterocycles. The topological polar surface area (TPSA) is 41.6 Å². The van der Waals surface area contributed by atoms with Crippen molar-refractivity contribution in [2.45, 2.75) is 43.5 Å². The molecule has 2 saturated heterocycles. The highest BCUT2D eigenvalue weighted by Crippen LogP contribution is 2.28. The fourth-order valence-electron chi connectivity index (χ4n) is 3.29. The highest BCUT2D eigenvalue weighted by Gasteiger charge is 2.29. The second-order valence-electron chi connectivity index (χ2n) is 6.39. The summed E-state index contributed by atoms with van der Waals surface area (Å²) in [6.07, 6.45) is 6.00. The first-order valence-corrected chi connectivity index (χ1v) is 10.2. The normalized spacial score (nSPS) is 23.9. The van der Waals surface area contributed by atoms with Crippen molar-refractivity contribution in [2.75, 3.05) is 25.4 Å². The summed E-state index contributed by atoms with van der Waals surface area (Å²) in [5.74, 6) is 1.91. The van der Waals surface area contributed by atoms with Crippen LogP contribution in [0.2, 0.25) is 5.02 Å². The third-order valence-corrected chi connectivity index (χ3v) is 6.18. The van der Waals surface area contributed by atoms with Gasteiger partial charge in [0.25, 0.3) is 5.91 Å². The summed E-state index contributed by atoms with van der Waals surface area (Å²) in [5.41, 5.74) is 0. The zero-order valence-electron chi connectivity index (χ0n) is 13.9. The number of halogens is 1. The lowest BCUT2D eigenvalue weighted by Gasteiger charge is -2.36. The molecule has 132 valence electrons. The Morgan fingerprint density at radius 3 is 2.96 bits per heavy atom. The molecule has 0 aromatic heterocycles. The highest BCUT2D eigenvalue weighted by molar-refractivity contribution is 8.00. The van der Waals surface area contributed by atoms with Crippen LogP contribution in [-0.4, -0.2) is 47.7 Å². The molecule has 2 atom stereocenters. The zero-order chi connectivity index (χ0) is 16.8. The number of ether oxygens (including phenoxy) is 1. The minimum Gasteiger partial charge on any atom is -0.484 e. The molecular weight excluding hydrogens is 344 g/mol. The third-order valence-electron chi connectivity index (χ3n) is 4.56. The van der Waals surface area contributed by atoms with E-state index >= 15 is 0 Å². The van der Waals surface area contributed by atoms with E-state index in [9.17, 15) is 4.79 Å². The molecule has 1 N–H and O–H groups in total. The van der Waals surface area contributed by atoms with E-state index in [4.69, 9.17) is 16.3 Å². The van der Waals surface area contributed by atoms with Crippen molar-refractivity contribution in [3.8, 4) is 5.75 Å². The summed E-state index contributed by atoms with van der Waals surface area (Å²) >= 11 is 7.96. The van der Waals surface area contributed by atoms with Gasteiger partial charge in [-0.1, -0.05) is 17.7 Å². The van der Waals surface area contributed by atoms with Crippen molar-refractivity contribution in [3.05, 3.63) is 29.3 Å². The molecule has 1 aromatic rings. The fourth-order valence-corrected chi connectivity index (χ4v) is 4.74. The Morgan fingerprint density at radius 1 is 1.33 bits per heavy atom. The van der Waals surface area contributed by atoms with Crippen molar-refractivity contribution < 1.29 is 9.53 Å². The van der Waals surface area contributed by atoms with Gasteiger partial charge in [-0.25, -0.2) is 0 Å². The lowest BCUT2D eigenvalue weighted by molar-refractivity contribution is -0.137. The van der Waals surface area contributed by atoms with Crippen LogP contribution in [-0.2, 0) is 4.79 Å². The van der Waals surface area contributed by atoms with Gasteiger partial charge in [0.1, 0.15) is 5.75 Å². The molecule has 4 nitrogen and oxygen atoms in total. The predicted molar refractivity (Wildman–Crippen MR) is 99.8 cm³/mol. The molecule has 3 rings (SSSR count). The Morgan fingerprint density at radius 2 is 2.25 bits per heavy atom. The van der Waals surface area contributed by atoms with E-state index in [1.807, 2.05) is 28.8 Å². The first-order valence-electron chi connectivity index (χ1n) is 8.75. The zero-order valence-corrected chi connectivity index (χ0v) is 15.5. The number of amides is 1. The van der Waals surface area contributed by atoms with Crippen LogP contribution in [0.4, 0.5) is 0 Å². The molecule has 1 amide bonds. The largest absolute Gasteiger partial charge is 0.484 e. The van der Waals surface area contributed by atoms with Crippen molar-refractivity contribution in [2.24, 2.45) is 0 Å². The Kier molecular flexibility index (Phi) is 6.69. The van der Waals surface area contributed by atoms with E-state index in [0.29, 0.717) is 16.0 Å². The minimum atomic E-state index is 0.0573. The molecule has 0 spiro atoms. The van der Waals surface area contributed by atoms with Gasteiger partial charge in [0.05, 0.1) is 6.17 Å². The average Bonchev–Trinajstić information content (AvgIpc) is 3.12. The Labute approximate surface area is 153 Å². The second-order valence-corrected chi connectivity index (χ2v) is 8.24. The van der Waals surface area contributed by atoms with Crippen LogP contribution in [0, 0.1) is 0 Å². The van der Waals surface area contributed by atoms with Gasteiger partial charge in [0, 0.05) is 16.8 Å². The molecule has 6 heteroatoms. The number of hydrogen-bond donors (Lipinski definition) is 1. The predicted octanol–water partition coefficient (Wildman–Crippen LogP) is 3.54. The number of carbonyl (C=O) groups excluding carboxylic acids is 1. The van der Waals surface area contributed by atoms with Crippen molar-refractivity contribution in [1.82, 2.24) is 10.2 Å². The number of piperidine rings is 1. The molecular formula is C18H25ClN2O2S. The van der Waals surface area contributed by atoms with Crippen LogP contribution in [0.15, 0.2) is 24.3 Å². The third kappa shape index (κ3) is 5.04. The summed E-state index contributed by atoms with van der Waals surface area (Å²) in [4.78, 5) is 14.8. The number of nitrogens with zero attached hydrogens (tertiary/aromatic N) is 1. The van der Waals surface area contributed by atoms with Gasteiger partial charge < -0.3 is 9.64 Å². The fraction of sp³-hybridized carbons (Fsp3) is 0.611. The lowest BCUT2D eigenvalue weighted by Crippen LogP contribution is -2.53. The maximum atomic E-state index is 12.8. The molecule has 2 aliphatic rings. The van der Waals surface area contributed by atoms with Crippen LogP contribution >= 0.6 is 23.4 Å². The van der Waals surface area contributed by atoms with Crippen molar-refractivity contribution >= 4 is 29.3 Å². The molecule has 2 fully saturated rings. The monoisotopic (exact) mass is 368 g/mol.